The molecule has 4 nitrogen and oxygen atoms in total. The van der Waals surface area contributed by atoms with Gasteiger partial charge in [0.15, 0.2) is 0 Å². The van der Waals surface area contributed by atoms with Gasteiger partial charge < -0.3 is 10.6 Å². The molecular weight excluding hydrogens is 212 g/mol. The van der Waals surface area contributed by atoms with E-state index in [0.29, 0.717) is 11.1 Å². The van der Waals surface area contributed by atoms with Crippen molar-refractivity contribution in [1.29, 1.82) is 0 Å². The van der Waals surface area contributed by atoms with Gasteiger partial charge in [0, 0.05) is 12.6 Å². The third kappa shape index (κ3) is 3.32. The lowest BCUT2D eigenvalue weighted by Gasteiger charge is -2.22. The predicted octanol–water partition coefficient (Wildman–Crippen LogP) is 1.54. The minimum atomic E-state index is 0.481. The van der Waals surface area contributed by atoms with Crippen LogP contribution in [0.5, 0.6) is 0 Å². The van der Waals surface area contributed by atoms with Crippen LogP contribution in [0.1, 0.15) is 12.8 Å². The molecule has 1 aliphatic rings. The molecule has 0 spiro atoms. The van der Waals surface area contributed by atoms with E-state index in [1.165, 1.54) is 19.2 Å². The summed E-state index contributed by atoms with van der Waals surface area (Å²) in [6.07, 6.45) is 4.01. The lowest BCUT2D eigenvalue weighted by Crippen LogP contribution is -2.33. The highest BCUT2D eigenvalue weighted by atomic mass is 35.5. The molecule has 0 saturated carbocycles. The number of anilines is 1. The van der Waals surface area contributed by atoms with Crippen molar-refractivity contribution in [3.05, 3.63) is 17.5 Å². The Morgan fingerprint density at radius 1 is 1.53 bits per heavy atom. The van der Waals surface area contributed by atoms with Crippen LogP contribution in [0.3, 0.4) is 0 Å². The molecule has 0 radical (unpaired) electrons. The van der Waals surface area contributed by atoms with Gasteiger partial charge in [-0.15, -0.1) is 0 Å². The van der Waals surface area contributed by atoms with Gasteiger partial charge in [-0.05, 0) is 31.8 Å². The van der Waals surface area contributed by atoms with Crippen molar-refractivity contribution in [2.24, 2.45) is 5.92 Å². The first-order chi connectivity index (χ1) is 7.34. The molecule has 0 aromatic carbocycles. The summed E-state index contributed by atoms with van der Waals surface area (Å²) in [4.78, 5) is 7.93. The van der Waals surface area contributed by atoms with E-state index in [1.807, 2.05) is 0 Å². The van der Waals surface area contributed by atoms with Crippen LogP contribution in [0, 0.1) is 5.92 Å². The van der Waals surface area contributed by atoms with Gasteiger partial charge in [-0.2, -0.15) is 0 Å². The molecule has 1 aromatic heterocycles. The minimum absolute atomic E-state index is 0.481. The molecule has 1 aliphatic heterocycles. The molecule has 0 unspecified atom stereocenters. The number of nitrogens with one attached hydrogen (secondary N) is 2. The summed E-state index contributed by atoms with van der Waals surface area (Å²) in [7, 11) is 0. The van der Waals surface area contributed by atoms with Gasteiger partial charge in [0.05, 0.1) is 0 Å². The van der Waals surface area contributed by atoms with Crippen molar-refractivity contribution in [3.63, 3.8) is 0 Å². The smallest absolute Gasteiger partial charge is 0.134 e. The van der Waals surface area contributed by atoms with Crippen LogP contribution in [-0.4, -0.2) is 29.6 Å². The average Bonchev–Trinajstić information content (AvgIpc) is 2.28. The normalized spacial score (nSPS) is 21.3. The zero-order valence-corrected chi connectivity index (χ0v) is 9.30. The lowest BCUT2D eigenvalue weighted by atomic mass is 10.00. The van der Waals surface area contributed by atoms with Gasteiger partial charge >= 0.3 is 0 Å². The first kappa shape index (κ1) is 10.6. The molecular formula is C10H15ClN4. The number of aromatic nitrogens is 2. The molecule has 5 heteroatoms. The third-order valence-corrected chi connectivity index (χ3v) is 2.81. The molecule has 1 fully saturated rings. The summed E-state index contributed by atoms with van der Waals surface area (Å²) in [5.41, 5.74) is 0. The van der Waals surface area contributed by atoms with Crippen LogP contribution in [0.25, 0.3) is 0 Å². The molecule has 1 saturated heterocycles. The monoisotopic (exact) mass is 226 g/mol. The highest BCUT2D eigenvalue weighted by molar-refractivity contribution is 6.29. The van der Waals surface area contributed by atoms with Gasteiger partial charge in [-0.3, -0.25) is 0 Å². The maximum absolute atomic E-state index is 5.76. The summed E-state index contributed by atoms with van der Waals surface area (Å²) >= 11 is 5.76. The zero-order valence-electron chi connectivity index (χ0n) is 8.54. The zero-order chi connectivity index (χ0) is 10.5. The van der Waals surface area contributed by atoms with E-state index >= 15 is 0 Å². The number of rotatable bonds is 3. The molecule has 1 aromatic rings. The quantitative estimate of drug-likeness (QED) is 0.768. The highest BCUT2D eigenvalue weighted by Gasteiger charge is 2.12. The summed E-state index contributed by atoms with van der Waals surface area (Å²) < 4.78 is 0. The fraction of sp³-hybridized carbons (Fsp3) is 0.600. The summed E-state index contributed by atoms with van der Waals surface area (Å²) in [5.74, 6) is 1.49. The fourth-order valence-electron chi connectivity index (χ4n) is 1.78. The van der Waals surface area contributed by atoms with E-state index in [2.05, 4.69) is 20.6 Å². The summed E-state index contributed by atoms with van der Waals surface area (Å²) in [6, 6.07) is 1.75. The Bertz CT molecular complexity index is 312. The van der Waals surface area contributed by atoms with E-state index in [0.717, 1.165) is 25.5 Å². The largest absolute Gasteiger partial charge is 0.370 e. The second-order valence-corrected chi connectivity index (χ2v) is 4.21. The first-order valence-corrected chi connectivity index (χ1v) is 5.64. The van der Waals surface area contributed by atoms with Crippen molar-refractivity contribution >= 4 is 17.4 Å². The Hall–Kier alpha value is -0.870. The van der Waals surface area contributed by atoms with Gasteiger partial charge in [-0.1, -0.05) is 11.6 Å². The molecule has 0 aliphatic carbocycles. The summed E-state index contributed by atoms with van der Waals surface area (Å²) in [5, 5.41) is 7.14. The Balaban J connectivity index is 1.81. The summed E-state index contributed by atoms with van der Waals surface area (Å²) in [6.45, 7) is 3.18. The first-order valence-electron chi connectivity index (χ1n) is 5.27. The molecule has 82 valence electrons. The van der Waals surface area contributed by atoms with Crippen molar-refractivity contribution in [1.82, 2.24) is 15.3 Å². The predicted molar refractivity (Wildman–Crippen MR) is 61.1 cm³/mol. The average molecular weight is 227 g/mol. The van der Waals surface area contributed by atoms with Crippen LogP contribution >= 0.6 is 11.6 Å². The second-order valence-electron chi connectivity index (χ2n) is 3.82. The lowest BCUT2D eigenvalue weighted by molar-refractivity contribution is 0.392. The minimum Gasteiger partial charge on any atom is -0.370 e. The number of piperidine rings is 1. The van der Waals surface area contributed by atoms with E-state index in [4.69, 9.17) is 11.6 Å². The Labute approximate surface area is 94.5 Å². The van der Waals surface area contributed by atoms with Gasteiger partial charge in [0.25, 0.3) is 0 Å². The van der Waals surface area contributed by atoms with Crippen LogP contribution in [0.4, 0.5) is 5.82 Å². The van der Waals surface area contributed by atoms with E-state index in [9.17, 15) is 0 Å². The number of hydrogen-bond donors (Lipinski definition) is 2. The standard InChI is InChI=1S/C10H15ClN4/c11-9-4-10(15-7-14-9)13-6-8-2-1-3-12-5-8/h4,7-8,12H,1-3,5-6H2,(H,13,14,15)/t8-/m1/s1. The van der Waals surface area contributed by atoms with Crippen LogP contribution in [0.2, 0.25) is 5.15 Å². The molecule has 15 heavy (non-hydrogen) atoms. The molecule has 2 heterocycles. The second kappa shape index (κ2) is 5.28. The van der Waals surface area contributed by atoms with Crippen molar-refractivity contribution < 1.29 is 0 Å². The highest BCUT2D eigenvalue weighted by Crippen LogP contribution is 2.12. The van der Waals surface area contributed by atoms with Gasteiger partial charge in [0.2, 0.25) is 0 Å². The molecule has 2 N–H and O–H groups in total. The van der Waals surface area contributed by atoms with Gasteiger partial charge in [-0.25, -0.2) is 9.97 Å². The molecule has 0 bridgehead atoms. The third-order valence-electron chi connectivity index (χ3n) is 2.60. The SMILES string of the molecule is Clc1cc(NC[C@@H]2CCCNC2)ncn1. The van der Waals surface area contributed by atoms with E-state index < -0.39 is 0 Å². The number of halogens is 1. The Kier molecular flexibility index (Phi) is 3.75. The van der Waals surface area contributed by atoms with Crippen molar-refractivity contribution in [2.75, 3.05) is 25.0 Å². The molecule has 2 rings (SSSR count). The van der Waals surface area contributed by atoms with Crippen LogP contribution in [0.15, 0.2) is 12.4 Å². The van der Waals surface area contributed by atoms with Crippen LogP contribution < -0.4 is 10.6 Å². The van der Waals surface area contributed by atoms with Gasteiger partial charge in [0.1, 0.15) is 17.3 Å². The maximum Gasteiger partial charge on any atom is 0.134 e. The Morgan fingerprint density at radius 3 is 3.20 bits per heavy atom. The maximum atomic E-state index is 5.76. The van der Waals surface area contributed by atoms with Crippen LogP contribution in [-0.2, 0) is 0 Å². The Morgan fingerprint density at radius 2 is 2.47 bits per heavy atom. The molecule has 1 atom stereocenters. The molecule has 0 amide bonds. The van der Waals surface area contributed by atoms with Crippen molar-refractivity contribution in [2.45, 2.75) is 12.8 Å². The number of nitrogens with zero attached hydrogens (tertiary/aromatic N) is 2. The number of hydrogen-bond acceptors (Lipinski definition) is 4. The van der Waals surface area contributed by atoms with E-state index in [-0.39, 0.29) is 0 Å². The topological polar surface area (TPSA) is 49.8 Å². The van der Waals surface area contributed by atoms with E-state index in [1.54, 1.807) is 6.07 Å². The van der Waals surface area contributed by atoms with Crippen molar-refractivity contribution in [3.8, 4) is 0 Å². The fourth-order valence-corrected chi connectivity index (χ4v) is 1.92.